The number of anilines is 1. The molecule has 1 aromatic carbocycles. The molecule has 22 heavy (non-hydrogen) atoms. The molecule has 2 N–H and O–H groups in total. The predicted molar refractivity (Wildman–Crippen MR) is 83.1 cm³/mol. The lowest BCUT2D eigenvalue weighted by atomic mass is 10.1. The molecule has 7 nitrogen and oxygen atoms in total. The molecule has 116 valence electrons. The van der Waals surface area contributed by atoms with E-state index in [1.54, 1.807) is 11.7 Å². The molecule has 1 aromatic heterocycles. The average molecular weight is 300 g/mol. The summed E-state index contributed by atoms with van der Waals surface area (Å²) in [6.45, 7) is 1.07. The molecule has 1 fully saturated rings. The lowest BCUT2D eigenvalue weighted by Gasteiger charge is -2.10. The highest BCUT2D eigenvalue weighted by molar-refractivity contribution is 5.91. The number of carbonyl (C=O) groups is 1. The van der Waals surface area contributed by atoms with Crippen LogP contribution in [0.4, 0.5) is 5.69 Å². The molecule has 3 rings (SSSR count). The molecule has 0 aliphatic carbocycles. The van der Waals surface area contributed by atoms with Gasteiger partial charge in [-0.3, -0.25) is 4.79 Å². The first-order valence-electron chi connectivity index (χ1n) is 7.58. The van der Waals surface area contributed by atoms with E-state index in [0.29, 0.717) is 18.3 Å². The molecular formula is C15H20N6O. The number of tetrazole rings is 1. The van der Waals surface area contributed by atoms with Crippen LogP contribution in [0, 0.1) is 0 Å². The molecule has 1 unspecified atom stereocenters. The topological polar surface area (TPSA) is 84.7 Å². The van der Waals surface area contributed by atoms with Crippen molar-refractivity contribution in [1.29, 1.82) is 0 Å². The van der Waals surface area contributed by atoms with E-state index in [1.165, 1.54) is 12.8 Å². The lowest BCUT2D eigenvalue weighted by molar-refractivity contribution is -0.116. The summed E-state index contributed by atoms with van der Waals surface area (Å²) in [5.41, 5.74) is 1.65. The SMILES string of the molecule is Cn1nnnc1-c1cccc(NC(=O)CCC2CCCN2)c1. The standard InChI is InChI=1S/C15H20N6O/c1-21-15(18-19-20-21)11-4-2-5-13(10-11)17-14(22)8-7-12-6-3-9-16-12/h2,4-5,10,12,16H,3,6-9H2,1H3,(H,17,22). The van der Waals surface area contributed by atoms with Crippen LogP contribution in [0.1, 0.15) is 25.7 Å². The molecule has 1 atom stereocenters. The number of hydrogen-bond donors (Lipinski definition) is 2. The van der Waals surface area contributed by atoms with Gasteiger partial charge in [-0.2, -0.15) is 0 Å². The van der Waals surface area contributed by atoms with E-state index in [1.807, 2.05) is 24.3 Å². The molecule has 2 aromatic rings. The van der Waals surface area contributed by atoms with Crippen molar-refractivity contribution < 1.29 is 4.79 Å². The van der Waals surface area contributed by atoms with Crippen LogP contribution >= 0.6 is 0 Å². The van der Waals surface area contributed by atoms with Crippen molar-refractivity contribution in [3.8, 4) is 11.4 Å². The van der Waals surface area contributed by atoms with Gasteiger partial charge in [0.05, 0.1) is 0 Å². The highest BCUT2D eigenvalue weighted by atomic mass is 16.1. The normalized spacial score (nSPS) is 17.6. The Bertz CT molecular complexity index is 647. The zero-order valence-electron chi connectivity index (χ0n) is 12.6. The molecule has 2 heterocycles. The zero-order valence-corrected chi connectivity index (χ0v) is 12.6. The van der Waals surface area contributed by atoms with Crippen molar-refractivity contribution in [2.45, 2.75) is 31.7 Å². The average Bonchev–Trinajstić information content (AvgIpc) is 3.16. The van der Waals surface area contributed by atoms with Crippen molar-refractivity contribution in [3.63, 3.8) is 0 Å². The van der Waals surface area contributed by atoms with Gasteiger partial charge in [0.25, 0.3) is 0 Å². The van der Waals surface area contributed by atoms with Crippen molar-refractivity contribution in [1.82, 2.24) is 25.5 Å². The van der Waals surface area contributed by atoms with Gasteiger partial charge in [0.15, 0.2) is 5.82 Å². The van der Waals surface area contributed by atoms with Crippen LogP contribution in [-0.4, -0.2) is 38.7 Å². The van der Waals surface area contributed by atoms with Gasteiger partial charge >= 0.3 is 0 Å². The smallest absolute Gasteiger partial charge is 0.224 e. The van der Waals surface area contributed by atoms with Crippen LogP contribution in [0.2, 0.25) is 0 Å². The van der Waals surface area contributed by atoms with Crippen molar-refractivity contribution >= 4 is 11.6 Å². The first-order valence-corrected chi connectivity index (χ1v) is 7.58. The minimum atomic E-state index is 0.0435. The van der Waals surface area contributed by atoms with Gasteiger partial charge in [0.1, 0.15) is 0 Å². The van der Waals surface area contributed by atoms with Crippen LogP contribution in [0.25, 0.3) is 11.4 Å². The van der Waals surface area contributed by atoms with Gasteiger partial charge in [0, 0.05) is 30.8 Å². The quantitative estimate of drug-likeness (QED) is 0.870. The summed E-state index contributed by atoms with van der Waals surface area (Å²) in [6.07, 6.45) is 3.80. The molecule has 0 radical (unpaired) electrons. The fraction of sp³-hybridized carbons (Fsp3) is 0.467. The van der Waals surface area contributed by atoms with E-state index in [0.717, 1.165) is 24.2 Å². The van der Waals surface area contributed by atoms with Crippen LogP contribution < -0.4 is 10.6 Å². The number of amides is 1. The van der Waals surface area contributed by atoms with E-state index in [-0.39, 0.29) is 5.91 Å². The number of hydrogen-bond acceptors (Lipinski definition) is 5. The zero-order chi connectivity index (χ0) is 15.4. The van der Waals surface area contributed by atoms with Gasteiger partial charge in [-0.15, -0.1) is 5.10 Å². The minimum absolute atomic E-state index is 0.0435. The van der Waals surface area contributed by atoms with Gasteiger partial charge in [-0.05, 0) is 48.4 Å². The van der Waals surface area contributed by atoms with E-state index in [4.69, 9.17) is 0 Å². The van der Waals surface area contributed by atoms with E-state index in [9.17, 15) is 4.79 Å². The molecule has 0 saturated carbocycles. The highest BCUT2D eigenvalue weighted by Gasteiger charge is 2.15. The van der Waals surface area contributed by atoms with E-state index < -0.39 is 0 Å². The maximum absolute atomic E-state index is 12.0. The molecule has 1 amide bonds. The number of benzene rings is 1. The fourth-order valence-electron chi connectivity index (χ4n) is 2.74. The predicted octanol–water partition coefficient (Wildman–Crippen LogP) is 1.35. The summed E-state index contributed by atoms with van der Waals surface area (Å²) < 4.78 is 1.60. The molecule has 7 heteroatoms. The third-order valence-corrected chi connectivity index (χ3v) is 3.91. The number of aryl methyl sites for hydroxylation is 1. The third kappa shape index (κ3) is 3.48. The molecular weight excluding hydrogens is 280 g/mol. The summed E-state index contributed by atoms with van der Waals surface area (Å²) >= 11 is 0. The number of carbonyl (C=O) groups excluding carboxylic acids is 1. The number of rotatable bonds is 5. The Labute approximate surface area is 129 Å². The Kier molecular flexibility index (Phi) is 4.43. The summed E-state index contributed by atoms with van der Waals surface area (Å²) in [4.78, 5) is 12.0. The van der Waals surface area contributed by atoms with Crippen LogP contribution in [-0.2, 0) is 11.8 Å². The second-order valence-corrected chi connectivity index (χ2v) is 5.59. The molecule has 1 aliphatic heterocycles. The van der Waals surface area contributed by atoms with Crippen molar-refractivity contribution in [2.75, 3.05) is 11.9 Å². The van der Waals surface area contributed by atoms with Gasteiger partial charge in [-0.25, -0.2) is 4.68 Å². The Morgan fingerprint density at radius 1 is 1.50 bits per heavy atom. The number of aromatic nitrogens is 4. The van der Waals surface area contributed by atoms with Gasteiger partial charge < -0.3 is 10.6 Å². The third-order valence-electron chi connectivity index (χ3n) is 3.91. The van der Waals surface area contributed by atoms with E-state index in [2.05, 4.69) is 26.2 Å². The molecule has 1 saturated heterocycles. The summed E-state index contributed by atoms with van der Waals surface area (Å²) in [7, 11) is 1.79. The van der Waals surface area contributed by atoms with Crippen molar-refractivity contribution in [2.24, 2.45) is 7.05 Å². The summed E-state index contributed by atoms with van der Waals surface area (Å²) in [5.74, 6) is 0.716. The van der Waals surface area contributed by atoms with Gasteiger partial charge in [-0.1, -0.05) is 12.1 Å². The monoisotopic (exact) mass is 300 g/mol. The Hall–Kier alpha value is -2.28. The Balaban J connectivity index is 1.60. The highest BCUT2D eigenvalue weighted by Crippen LogP contribution is 2.20. The molecule has 0 bridgehead atoms. The second kappa shape index (κ2) is 6.65. The maximum Gasteiger partial charge on any atom is 0.224 e. The number of nitrogens with one attached hydrogen (secondary N) is 2. The van der Waals surface area contributed by atoms with Crippen molar-refractivity contribution in [3.05, 3.63) is 24.3 Å². The molecule has 0 spiro atoms. The van der Waals surface area contributed by atoms with Gasteiger partial charge in [0.2, 0.25) is 5.91 Å². The first kappa shape index (κ1) is 14.6. The lowest BCUT2D eigenvalue weighted by Crippen LogP contribution is -2.23. The number of nitrogens with zero attached hydrogens (tertiary/aromatic N) is 4. The molecule has 1 aliphatic rings. The fourth-order valence-corrected chi connectivity index (χ4v) is 2.74. The maximum atomic E-state index is 12.0. The minimum Gasteiger partial charge on any atom is -0.326 e. The summed E-state index contributed by atoms with van der Waals surface area (Å²) in [5, 5.41) is 17.8. The van der Waals surface area contributed by atoms with Crippen LogP contribution in [0.3, 0.4) is 0 Å². The largest absolute Gasteiger partial charge is 0.326 e. The van der Waals surface area contributed by atoms with E-state index >= 15 is 0 Å². The second-order valence-electron chi connectivity index (χ2n) is 5.59. The first-order chi connectivity index (χ1) is 10.7. The Morgan fingerprint density at radius 3 is 3.14 bits per heavy atom. The van der Waals surface area contributed by atoms with Crippen LogP contribution in [0.15, 0.2) is 24.3 Å². The summed E-state index contributed by atoms with van der Waals surface area (Å²) in [6, 6.07) is 8.06. The Morgan fingerprint density at radius 2 is 2.41 bits per heavy atom. The van der Waals surface area contributed by atoms with Crippen LogP contribution in [0.5, 0.6) is 0 Å².